The van der Waals surface area contributed by atoms with E-state index in [-0.39, 0.29) is 46.2 Å². The Balaban J connectivity index is 1.64. The minimum atomic E-state index is -0.680. The molecule has 1 atom stereocenters. The zero-order valence-corrected chi connectivity index (χ0v) is 18.9. The van der Waals surface area contributed by atoms with Crippen LogP contribution in [-0.2, 0) is 0 Å². The summed E-state index contributed by atoms with van der Waals surface area (Å²) in [4.78, 5) is 38.6. The van der Waals surface area contributed by atoms with E-state index in [0.717, 1.165) is 31.7 Å². The highest BCUT2D eigenvalue weighted by atomic mass is 16.3. The number of aromatic hydroxyl groups is 1. The molecule has 1 aromatic heterocycles. The number of piperidine rings is 1. The number of amides is 1. The largest absolute Gasteiger partial charge is 0.505 e. The van der Waals surface area contributed by atoms with E-state index < -0.39 is 10.9 Å². The van der Waals surface area contributed by atoms with Gasteiger partial charge in [-0.3, -0.25) is 14.4 Å². The van der Waals surface area contributed by atoms with Gasteiger partial charge in [0.2, 0.25) is 0 Å². The van der Waals surface area contributed by atoms with Crippen LogP contribution in [0, 0.1) is 12.8 Å². The highest BCUT2D eigenvalue weighted by Crippen LogP contribution is 2.36. The molecule has 0 saturated carbocycles. The van der Waals surface area contributed by atoms with E-state index in [4.69, 9.17) is 4.42 Å². The third kappa shape index (κ3) is 4.36. The standard InChI is InChI=1S/C24H28N4O5/c1-13-7-8-17(33-13)18(14-9-11-25-12-10-14)27-20-19(22(30)23(20)31)26-16-6-4-5-15(21(16)29)24(32)28(2)3/h4-8,14,18,25-27,29H,9-12H2,1-3H3. The summed E-state index contributed by atoms with van der Waals surface area (Å²) in [5.41, 5.74) is -0.823. The fourth-order valence-corrected chi connectivity index (χ4v) is 4.22. The SMILES string of the molecule is Cc1ccc(C(Nc2c(Nc3cccc(C(=O)N(C)C)c3O)c(=O)c2=O)C2CCNCC2)o1. The van der Waals surface area contributed by atoms with Crippen LogP contribution in [0.2, 0.25) is 0 Å². The minimum Gasteiger partial charge on any atom is -0.505 e. The van der Waals surface area contributed by atoms with Crippen LogP contribution in [0.4, 0.5) is 17.1 Å². The second kappa shape index (κ2) is 9.11. The Labute approximate surface area is 191 Å². The van der Waals surface area contributed by atoms with Crippen molar-refractivity contribution in [2.24, 2.45) is 5.92 Å². The molecule has 0 bridgehead atoms. The second-order valence-corrected chi connectivity index (χ2v) is 8.59. The number of nitrogens with one attached hydrogen (secondary N) is 3. The summed E-state index contributed by atoms with van der Waals surface area (Å²) in [6.45, 7) is 3.58. The predicted octanol–water partition coefficient (Wildman–Crippen LogP) is 2.49. The number of aryl methyl sites for hydroxylation is 1. The molecule has 3 aromatic rings. The van der Waals surface area contributed by atoms with E-state index in [2.05, 4.69) is 16.0 Å². The first-order valence-corrected chi connectivity index (χ1v) is 11.0. The van der Waals surface area contributed by atoms with Gasteiger partial charge in [0.1, 0.15) is 22.9 Å². The summed E-state index contributed by atoms with van der Waals surface area (Å²) in [5.74, 6) is 1.02. The van der Waals surface area contributed by atoms with Crippen molar-refractivity contribution in [2.75, 3.05) is 37.8 Å². The van der Waals surface area contributed by atoms with Gasteiger partial charge in [0.05, 0.1) is 17.3 Å². The Kier molecular flexibility index (Phi) is 6.24. The summed E-state index contributed by atoms with van der Waals surface area (Å²) in [6, 6.07) is 8.12. The molecule has 1 amide bonds. The number of hydrogen-bond acceptors (Lipinski definition) is 8. The number of anilines is 3. The molecule has 1 fully saturated rings. The normalized spacial score (nSPS) is 15.4. The van der Waals surface area contributed by atoms with Crippen molar-refractivity contribution in [1.29, 1.82) is 0 Å². The van der Waals surface area contributed by atoms with Crippen molar-refractivity contribution in [2.45, 2.75) is 25.8 Å². The number of hydrogen-bond donors (Lipinski definition) is 4. The lowest BCUT2D eigenvalue weighted by Crippen LogP contribution is -2.40. The molecule has 1 saturated heterocycles. The van der Waals surface area contributed by atoms with E-state index in [9.17, 15) is 19.5 Å². The molecule has 0 spiro atoms. The first-order chi connectivity index (χ1) is 15.8. The molecule has 2 aromatic carbocycles. The topological polar surface area (TPSA) is 124 Å². The van der Waals surface area contributed by atoms with E-state index >= 15 is 0 Å². The van der Waals surface area contributed by atoms with Gasteiger partial charge in [-0.1, -0.05) is 6.07 Å². The summed E-state index contributed by atoms with van der Waals surface area (Å²) in [5, 5.41) is 20.0. The average molecular weight is 453 g/mol. The van der Waals surface area contributed by atoms with Gasteiger partial charge >= 0.3 is 0 Å². The van der Waals surface area contributed by atoms with Gasteiger partial charge in [-0.25, -0.2) is 0 Å². The zero-order chi connectivity index (χ0) is 23.7. The number of furan rings is 1. The summed E-state index contributed by atoms with van der Waals surface area (Å²) in [7, 11) is 3.16. The number of phenolic OH excluding ortho intramolecular Hbond substituents is 1. The molecular formula is C24H28N4O5. The lowest BCUT2D eigenvalue weighted by atomic mass is 9.88. The molecule has 2 heterocycles. The van der Waals surface area contributed by atoms with Gasteiger partial charge < -0.3 is 30.4 Å². The second-order valence-electron chi connectivity index (χ2n) is 8.59. The number of para-hydroxylation sites is 1. The molecule has 1 unspecified atom stereocenters. The van der Waals surface area contributed by atoms with Gasteiger partial charge in [-0.2, -0.15) is 0 Å². The fourth-order valence-electron chi connectivity index (χ4n) is 4.22. The van der Waals surface area contributed by atoms with Crippen molar-refractivity contribution < 1.29 is 14.3 Å². The molecule has 33 heavy (non-hydrogen) atoms. The van der Waals surface area contributed by atoms with Gasteiger partial charge in [0.25, 0.3) is 16.8 Å². The predicted molar refractivity (Wildman–Crippen MR) is 126 cm³/mol. The van der Waals surface area contributed by atoms with Gasteiger partial charge in [0.15, 0.2) is 5.75 Å². The first-order valence-electron chi connectivity index (χ1n) is 11.0. The Morgan fingerprint density at radius 1 is 1.12 bits per heavy atom. The lowest BCUT2D eigenvalue weighted by Gasteiger charge is -2.31. The fraction of sp³-hybridized carbons (Fsp3) is 0.375. The van der Waals surface area contributed by atoms with Crippen LogP contribution in [0.15, 0.2) is 44.3 Å². The maximum Gasteiger partial charge on any atom is 0.257 e. The maximum atomic E-state index is 12.5. The maximum absolute atomic E-state index is 12.5. The zero-order valence-electron chi connectivity index (χ0n) is 18.9. The Morgan fingerprint density at radius 2 is 1.82 bits per heavy atom. The van der Waals surface area contributed by atoms with E-state index in [1.807, 2.05) is 19.1 Å². The number of benzene rings is 1. The molecule has 9 nitrogen and oxygen atoms in total. The Bertz CT molecular complexity index is 1230. The van der Waals surface area contributed by atoms with Crippen molar-refractivity contribution >= 4 is 23.0 Å². The van der Waals surface area contributed by atoms with Gasteiger partial charge in [0, 0.05) is 14.1 Å². The number of rotatable bonds is 7. The van der Waals surface area contributed by atoms with Crippen LogP contribution in [0.5, 0.6) is 5.75 Å². The number of nitrogens with zero attached hydrogens (tertiary/aromatic N) is 1. The Hall–Kier alpha value is -3.59. The summed E-state index contributed by atoms with van der Waals surface area (Å²) < 4.78 is 5.86. The van der Waals surface area contributed by atoms with Crippen LogP contribution in [0.25, 0.3) is 0 Å². The van der Waals surface area contributed by atoms with E-state index in [1.54, 1.807) is 26.2 Å². The molecule has 9 heteroatoms. The number of carbonyl (C=O) groups is 1. The summed E-state index contributed by atoms with van der Waals surface area (Å²) in [6.07, 6.45) is 1.79. The van der Waals surface area contributed by atoms with Crippen LogP contribution in [-0.4, -0.2) is 43.1 Å². The highest BCUT2D eigenvalue weighted by Gasteiger charge is 2.32. The smallest absolute Gasteiger partial charge is 0.257 e. The van der Waals surface area contributed by atoms with Gasteiger partial charge in [-0.05, 0) is 63.0 Å². The van der Waals surface area contributed by atoms with Crippen molar-refractivity contribution in [3.63, 3.8) is 0 Å². The lowest BCUT2D eigenvalue weighted by molar-refractivity contribution is 0.0824. The molecular weight excluding hydrogens is 424 g/mol. The van der Waals surface area contributed by atoms with Crippen LogP contribution >= 0.6 is 0 Å². The quantitative estimate of drug-likeness (QED) is 0.318. The van der Waals surface area contributed by atoms with Crippen LogP contribution < -0.4 is 26.8 Å². The Morgan fingerprint density at radius 3 is 2.45 bits per heavy atom. The average Bonchev–Trinajstić information content (AvgIpc) is 3.25. The third-order valence-electron chi connectivity index (χ3n) is 6.07. The molecule has 4 N–H and O–H groups in total. The van der Waals surface area contributed by atoms with Gasteiger partial charge in [-0.15, -0.1) is 0 Å². The van der Waals surface area contributed by atoms with E-state index in [0.29, 0.717) is 5.76 Å². The third-order valence-corrected chi connectivity index (χ3v) is 6.07. The number of phenols is 1. The highest BCUT2D eigenvalue weighted by molar-refractivity contribution is 5.99. The van der Waals surface area contributed by atoms with Crippen molar-refractivity contribution in [1.82, 2.24) is 10.2 Å². The molecule has 1 aliphatic heterocycles. The van der Waals surface area contributed by atoms with E-state index in [1.165, 1.54) is 11.0 Å². The monoisotopic (exact) mass is 452 g/mol. The van der Waals surface area contributed by atoms with Crippen LogP contribution in [0.3, 0.4) is 0 Å². The molecule has 174 valence electrons. The van der Waals surface area contributed by atoms with Crippen LogP contribution in [0.1, 0.15) is 40.8 Å². The molecule has 0 aliphatic carbocycles. The van der Waals surface area contributed by atoms with Crippen molar-refractivity contribution in [3.8, 4) is 5.75 Å². The van der Waals surface area contributed by atoms with Crippen molar-refractivity contribution in [3.05, 3.63) is 67.9 Å². The molecule has 4 rings (SSSR count). The molecule has 1 aliphatic rings. The first kappa shape index (κ1) is 22.6. The minimum absolute atomic E-state index is 0.0620. The summed E-state index contributed by atoms with van der Waals surface area (Å²) >= 11 is 0. The molecule has 0 radical (unpaired) electrons. The number of carbonyl (C=O) groups excluding carboxylic acids is 1.